The molecule has 0 aliphatic heterocycles. The summed E-state index contributed by atoms with van der Waals surface area (Å²) in [5.74, 6) is 0.681. The van der Waals surface area contributed by atoms with Crippen LogP contribution >= 0.6 is 0 Å². The van der Waals surface area contributed by atoms with Gasteiger partial charge in [0.2, 0.25) is 0 Å². The molecule has 0 amide bonds. The molecule has 0 fully saturated rings. The van der Waals surface area contributed by atoms with Crippen LogP contribution in [0.2, 0.25) is 0 Å². The lowest BCUT2D eigenvalue weighted by molar-refractivity contribution is 0.0697. The van der Waals surface area contributed by atoms with Gasteiger partial charge in [-0.25, -0.2) is 9.78 Å². The molecular weight excluding hydrogens is 386 g/mol. The van der Waals surface area contributed by atoms with Gasteiger partial charge in [0, 0.05) is 5.39 Å². The Morgan fingerprint density at radius 2 is 1.58 bits per heavy atom. The van der Waals surface area contributed by atoms with Crippen molar-refractivity contribution in [3.05, 3.63) is 101 Å². The van der Waals surface area contributed by atoms with Gasteiger partial charge in [-0.2, -0.15) is 0 Å². The van der Waals surface area contributed by atoms with E-state index in [-0.39, 0.29) is 0 Å². The van der Waals surface area contributed by atoms with Gasteiger partial charge in [-0.1, -0.05) is 48.5 Å². The number of hydrogen-bond donors (Lipinski definition) is 1. The quantitative estimate of drug-likeness (QED) is 0.414. The summed E-state index contributed by atoms with van der Waals surface area (Å²) in [6.45, 7) is 0. The summed E-state index contributed by atoms with van der Waals surface area (Å²) in [6, 6.07) is 25.1. The van der Waals surface area contributed by atoms with E-state index < -0.39 is 5.97 Å². The number of para-hydroxylation sites is 2. The molecule has 1 N–H and O–H groups in total. The van der Waals surface area contributed by atoms with Crippen LogP contribution in [0, 0.1) is 0 Å². The second-order valence-electron chi connectivity index (χ2n) is 7.64. The van der Waals surface area contributed by atoms with Gasteiger partial charge in [-0.05, 0) is 72.4 Å². The minimum atomic E-state index is -0.890. The van der Waals surface area contributed by atoms with Crippen LogP contribution in [0.4, 0.5) is 0 Å². The Morgan fingerprint density at radius 3 is 2.35 bits per heavy atom. The number of pyridine rings is 1. The Labute approximate surface area is 180 Å². The second kappa shape index (κ2) is 8.07. The first-order chi connectivity index (χ1) is 15.2. The van der Waals surface area contributed by atoms with E-state index in [4.69, 9.17) is 9.72 Å². The van der Waals surface area contributed by atoms with Crippen LogP contribution < -0.4 is 4.74 Å². The third-order valence-corrected chi connectivity index (χ3v) is 5.58. The molecule has 1 aliphatic carbocycles. The summed E-state index contributed by atoms with van der Waals surface area (Å²) < 4.78 is 5.87. The van der Waals surface area contributed by atoms with Gasteiger partial charge in [-0.15, -0.1) is 0 Å². The van der Waals surface area contributed by atoms with Crippen LogP contribution in [-0.2, 0) is 6.42 Å². The van der Waals surface area contributed by atoms with E-state index in [0.29, 0.717) is 10.9 Å². The summed E-state index contributed by atoms with van der Waals surface area (Å²) in [6.07, 6.45) is 4.63. The van der Waals surface area contributed by atoms with Gasteiger partial charge in [0.1, 0.15) is 11.5 Å². The lowest BCUT2D eigenvalue weighted by atomic mass is 9.86. The molecule has 0 spiro atoms. The lowest BCUT2D eigenvalue weighted by Crippen LogP contribution is -2.13. The van der Waals surface area contributed by atoms with E-state index in [2.05, 4.69) is 6.08 Å². The van der Waals surface area contributed by atoms with Crippen LogP contribution in [0.15, 0.2) is 78.9 Å². The van der Waals surface area contributed by atoms with Crippen molar-refractivity contribution in [1.82, 2.24) is 4.98 Å². The van der Waals surface area contributed by atoms with E-state index in [1.807, 2.05) is 78.9 Å². The maximum Gasteiger partial charge on any atom is 0.336 e. The first-order valence-corrected chi connectivity index (χ1v) is 10.4. The highest BCUT2D eigenvalue weighted by Crippen LogP contribution is 2.36. The van der Waals surface area contributed by atoms with Gasteiger partial charge in [-0.3, -0.25) is 0 Å². The van der Waals surface area contributed by atoms with Gasteiger partial charge < -0.3 is 9.84 Å². The van der Waals surface area contributed by atoms with Crippen LogP contribution in [0.3, 0.4) is 0 Å². The highest BCUT2D eigenvalue weighted by atomic mass is 16.5. The van der Waals surface area contributed by atoms with E-state index in [1.54, 1.807) is 0 Å². The number of carbonyl (C=O) groups is 1. The monoisotopic (exact) mass is 407 g/mol. The zero-order chi connectivity index (χ0) is 21.2. The third-order valence-electron chi connectivity index (χ3n) is 5.58. The first-order valence-electron chi connectivity index (χ1n) is 10.4. The largest absolute Gasteiger partial charge is 0.478 e. The number of ether oxygens (including phenoxy) is 1. The Kier molecular flexibility index (Phi) is 4.97. The molecule has 1 aromatic heterocycles. The van der Waals surface area contributed by atoms with Crippen LogP contribution in [-0.4, -0.2) is 16.1 Å². The molecule has 1 heterocycles. The van der Waals surface area contributed by atoms with Crippen molar-refractivity contribution in [2.24, 2.45) is 0 Å². The Bertz CT molecular complexity index is 1290. The van der Waals surface area contributed by atoms with Crippen LogP contribution in [0.1, 0.15) is 40.0 Å². The molecule has 0 saturated heterocycles. The summed E-state index contributed by atoms with van der Waals surface area (Å²) in [5, 5.41) is 10.6. The van der Waals surface area contributed by atoms with Crippen molar-refractivity contribution < 1.29 is 14.6 Å². The van der Waals surface area contributed by atoms with Crippen molar-refractivity contribution in [3.8, 4) is 11.5 Å². The number of aromatic nitrogens is 1. The van der Waals surface area contributed by atoms with E-state index in [9.17, 15) is 9.90 Å². The highest BCUT2D eigenvalue weighted by molar-refractivity contribution is 6.05. The van der Waals surface area contributed by atoms with Crippen LogP contribution in [0.25, 0.3) is 22.6 Å². The van der Waals surface area contributed by atoms with Crippen LogP contribution in [0.5, 0.6) is 11.5 Å². The predicted octanol–water partition coefficient (Wildman–Crippen LogP) is 6.60. The summed E-state index contributed by atoms with van der Waals surface area (Å²) in [5.41, 5.74) is 4.87. The van der Waals surface area contributed by atoms with E-state index in [0.717, 1.165) is 58.7 Å². The topological polar surface area (TPSA) is 59.4 Å². The van der Waals surface area contributed by atoms with Crippen molar-refractivity contribution in [2.75, 3.05) is 0 Å². The second-order valence-corrected chi connectivity index (χ2v) is 7.64. The number of rotatable bonds is 4. The van der Waals surface area contributed by atoms with E-state index >= 15 is 0 Å². The molecule has 5 rings (SSSR count). The average Bonchev–Trinajstić information content (AvgIpc) is 2.79. The smallest absolute Gasteiger partial charge is 0.336 e. The number of carboxylic acid groups (broad SMARTS) is 1. The van der Waals surface area contributed by atoms with Crippen molar-refractivity contribution in [3.63, 3.8) is 0 Å². The van der Waals surface area contributed by atoms with Crippen molar-refractivity contribution >= 4 is 28.5 Å². The standard InChI is InChI=1S/C27H21NO3/c29-27(30)25-22-10-4-5-12-24(22)28-26-19(7-6-11-23(25)26)17-18-13-15-21(16-14-18)31-20-8-2-1-3-9-20/h1-5,8-10,12-17H,6-7,11H2,(H,29,30)/b19-17+. The van der Waals surface area contributed by atoms with Crippen molar-refractivity contribution in [2.45, 2.75) is 19.3 Å². The molecule has 4 heteroatoms. The third kappa shape index (κ3) is 3.80. The molecule has 0 radical (unpaired) electrons. The van der Waals surface area contributed by atoms with E-state index in [1.165, 1.54) is 0 Å². The molecule has 31 heavy (non-hydrogen) atoms. The molecule has 0 bridgehead atoms. The number of hydrogen-bond acceptors (Lipinski definition) is 3. The zero-order valence-electron chi connectivity index (χ0n) is 16.9. The number of nitrogens with zero attached hydrogens (tertiary/aromatic N) is 1. The van der Waals surface area contributed by atoms with Gasteiger partial charge in [0.25, 0.3) is 0 Å². The fourth-order valence-electron chi connectivity index (χ4n) is 4.18. The first kappa shape index (κ1) is 19.1. The number of fused-ring (bicyclic) bond motifs is 2. The molecule has 3 aromatic carbocycles. The fourth-order valence-corrected chi connectivity index (χ4v) is 4.18. The molecule has 1 aliphatic rings. The Balaban J connectivity index is 1.52. The average molecular weight is 407 g/mol. The predicted molar refractivity (Wildman–Crippen MR) is 122 cm³/mol. The minimum absolute atomic E-state index is 0.387. The molecule has 0 atom stereocenters. The number of benzene rings is 3. The molecular formula is C27H21NO3. The maximum absolute atomic E-state index is 12.1. The summed E-state index contributed by atoms with van der Waals surface area (Å²) in [7, 11) is 0. The normalized spacial score (nSPS) is 14.4. The van der Waals surface area contributed by atoms with Crippen molar-refractivity contribution in [1.29, 1.82) is 0 Å². The summed E-state index contributed by atoms with van der Waals surface area (Å²) in [4.78, 5) is 16.9. The molecule has 4 aromatic rings. The van der Waals surface area contributed by atoms with Gasteiger partial charge in [0.05, 0.1) is 16.8 Å². The number of aromatic carboxylic acids is 1. The number of carboxylic acids is 1. The minimum Gasteiger partial charge on any atom is -0.478 e. The van der Waals surface area contributed by atoms with Gasteiger partial charge >= 0.3 is 5.97 Å². The fraction of sp³-hybridized carbons (Fsp3) is 0.111. The molecule has 4 nitrogen and oxygen atoms in total. The molecule has 152 valence electrons. The summed E-state index contributed by atoms with van der Waals surface area (Å²) >= 11 is 0. The maximum atomic E-state index is 12.1. The lowest BCUT2D eigenvalue weighted by Gasteiger charge is -2.21. The molecule has 0 unspecified atom stereocenters. The van der Waals surface area contributed by atoms with Gasteiger partial charge in [0.15, 0.2) is 0 Å². The SMILES string of the molecule is O=C(O)c1c2c(nc3ccccc13)/C(=C/c1ccc(Oc3ccccc3)cc1)CCC2. The zero-order valence-corrected chi connectivity index (χ0v) is 16.9. The Hall–Kier alpha value is -3.92. The molecule has 0 saturated carbocycles. The number of allylic oxidation sites excluding steroid dienone is 1. The Morgan fingerprint density at radius 1 is 0.871 bits per heavy atom. The highest BCUT2D eigenvalue weighted by Gasteiger charge is 2.24.